The SMILES string of the molecule is CN=C(NCc1cccc(C)n1)N1CCN(c2ccccc2O)CC1. The molecule has 0 spiro atoms. The zero-order chi connectivity index (χ0) is 17.6. The van der Waals surface area contributed by atoms with Crippen molar-refractivity contribution in [1.82, 2.24) is 15.2 Å². The lowest BCUT2D eigenvalue weighted by molar-refractivity contribution is 0.369. The van der Waals surface area contributed by atoms with Crippen molar-refractivity contribution in [2.75, 3.05) is 38.1 Å². The first-order valence-corrected chi connectivity index (χ1v) is 8.58. The molecule has 0 radical (unpaired) electrons. The maximum absolute atomic E-state index is 10.0. The van der Waals surface area contributed by atoms with Crippen molar-refractivity contribution >= 4 is 11.6 Å². The second-order valence-corrected chi connectivity index (χ2v) is 6.13. The van der Waals surface area contributed by atoms with Crippen molar-refractivity contribution < 1.29 is 5.11 Å². The van der Waals surface area contributed by atoms with Crippen LogP contribution in [0.1, 0.15) is 11.4 Å². The van der Waals surface area contributed by atoms with Crippen LogP contribution in [-0.2, 0) is 6.54 Å². The Labute approximate surface area is 148 Å². The first kappa shape index (κ1) is 17.1. The smallest absolute Gasteiger partial charge is 0.194 e. The summed E-state index contributed by atoms with van der Waals surface area (Å²) in [5.74, 6) is 1.23. The number of benzene rings is 1. The van der Waals surface area contributed by atoms with Crippen molar-refractivity contribution in [2.45, 2.75) is 13.5 Å². The zero-order valence-electron chi connectivity index (χ0n) is 14.8. The highest BCUT2D eigenvalue weighted by Gasteiger charge is 2.21. The molecule has 0 amide bonds. The highest BCUT2D eigenvalue weighted by Crippen LogP contribution is 2.27. The van der Waals surface area contributed by atoms with Gasteiger partial charge in [-0.1, -0.05) is 18.2 Å². The zero-order valence-corrected chi connectivity index (χ0v) is 14.8. The van der Waals surface area contributed by atoms with Crippen molar-refractivity contribution in [1.29, 1.82) is 0 Å². The third-order valence-corrected chi connectivity index (χ3v) is 4.39. The molecule has 1 aliphatic heterocycles. The number of phenols is 1. The molecule has 1 saturated heterocycles. The number of guanidine groups is 1. The molecule has 1 aromatic carbocycles. The van der Waals surface area contributed by atoms with Crippen LogP contribution in [0.5, 0.6) is 5.75 Å². The van der Waals surface area contributed by atoms with Gasteiger partial charge in [-0.15, -0.1) is 0 Å². The summed E-state index contributed by atoms with van der Waals surface area (Å²) in [6.45, 7) is 6.07. The summed E-state index contributed by atoms with van der Waals surface area (Å²) in [4.78, 5) is 13.4. The van der Waals surface area contributed by atoms with Gasteiger partial charge in [-0.25, -0.2) is 0 Å². The fourth-order valence-electron chi connectivity index (χ4n) is 3.09. The summed E-state index contributed by atoms with van der Waals surface area (Å²) in [6, 6.07) is 13.5. The Morgan fingerprint density at radius 1 is 1.12 bits per heavy atom. The van der Waals surface area contributed by atoms with Crippen LogP contribution in [-0.4, -0.2) is 54.2 Å². The molecule has 6 heteroatoms. The second-order valence-electron chi connectivity index (χ2n) is 6.13. The van der Waals surface area contributed by atoms with E-state index < -0.39 is 0 Å². The van der Waals surface area contributed by atoms with Gasteiger partial charge in [-0.3, -0.25) is 9.98 Å². The van der Waals surface area contributed by atoms with Crippen LogP contribution in [0.25, 0.3) is 0 Å². The highest BCUT2D eigenvalue weighted by molar-refractivity contribution is 5.80. The molecule has 3 rings (SSSR count). The molecule has 25 heavy (non-hydrogen) atoms. The number of nitrogens with zero attached hydrogens (tertiary/aromatic N) is 4. The van der Waals surface area contributed by atoms with Gasteiger partial charge in [-0.05, 0) is 31.2 Å². The van der Waals surface area contributed by atoms with E-state index in [0.29, 0.717) is 12.3 Å². The topological polar surface area (TPSA) is 64.0 Å². The van der Waals surface area contributed by atoms with E-state index in [4.69, 9.17) is 0 Å². The van der Waals surface area contributed by atoms with Gasteiger partial charge < -0.3 is 20.2 Å². The highest BCUT2D eigenvalue weighted by atomic mass is 16.3. The van der Waals surface area contributed by atoms with Crippen LogP contribution in [0.4, 0.5) is 5.69 Å². The fraction of sp³-hybridized carbons (Fsp3) is 0.368. The molecular weight excluding hydrogens is 314 g/mol. The number of rotatable bonds is 3. The van der Waals surface area contributed by atoms with Gasteiger partial charge in [0.15, 0.2) is 5.96 Å². The van der Waals surface area contributed by atoms with Crippen LogP contribution in [0.2, 0.25) is 0 Å². The summed E-state index contributed by atoms with van der Waals surface area (Å²) in [7, 11) is 1.81. The fourth-order valence-corrected chi connectivity index (χ4v) is 3.09. The molecule has 0 aliphatic carbocycles. The molecule has 2 heterocycles. The average Bonchev–Trinajstić information content (AvgIpc) is 2.63. The van der Waals surface area contributed by atoms with Gasteiger partial charge in [0.25, 0.3) is 0 Å². The van der Waals surface area contributed by atoms with Gasteiger partial charge in [0.05, 0.1) is 17.9 Å². The molecule has 0 unspecified atom stereocenters. The van der Waals surface area contributed by atoms with E-state index in [2.05, 4.69) is 25.1 Å². The number of nitrogens with one attached hydrogen (secondary N) is 1. The van der Waals surface area contributed by atoms with Gasteiger partial charge in [0.1, 0.15) is 5.75 Å². The van der Waals surface area contributed by atoms with E-state index >= 15 is 0 Å². The van der Waals surface area contributed by atoms with Crippen LogP contribution >= 0.6 is 0 Å². The number of piperazine rings is 1. The Morgan fingerprint density at radius 2 is 1.88 bits per heavy atom. The number of anilines is 1. The largest absolute Gasteiger partial charge is 0.506 e. The van der Waals surface area contributed by atoms with Crippen molar-refractivity contribution in [3.05, 3.63) is 53.9 Å². The minimum absolute atomic E-state index is 0.337. The van der Waals surface area contributed by atoms with Crippen LogP contribution in [0, 0.1) is 6.92 Å². The predicted octanol–water partition coefficient (Wildman–Crippen LogP) is 1.99. The van der Waals surface area contributed by atoms with Gasteiger partial charge in [0, 0.05) is 38.9 Å². The van der Waals surface area contributed by atoms with Crippen LogP contribution in [0.15, 0.2) is 47.5 Å². The van der Waals surface area contributed by atoms with Crippen molar-refractivity contribution in [2.24, 2.45) is 4.99 Å². The molecule has 132 valence electrons. The van der Waals surface area contributed by atoms with Gasteiger partial charge in [-0.2, -0.15) is 0 Å². The standard InChI is InChI=1S/C19H25N5O/c1-15-6-5-7-16(22-15)14-21-19(20-2)24-12-10-23(11-13-24)17-8-3-4-9-18(17)25/h3-9,25H,10-14H2,1-2H3,(H,20,21). The van der Waals surface area contributed by atoms with Crippen molar-refractivity contribution in [3.63, 3.8) is 0 Å². The number of aromatic hydroxyl groups is 1. The maximum Gasteiger partial charge on any atom is 0.194 e. The first-order valence-electron chi connectivity index (χ1n) is 8.58. The number of para-hydroxylation sites is 2. The molecule has 0 atom stereocenters. The molecule has 1 aliphatic rings. The van der Waals surface area contributed by atoms with Crippen LogP contribution < -0.4 is 10.2 Å². The normalized spacial score (nSPS) is 15.4. The summed E-state index contributed by atoms with van der Waals surface area (Å²) in [5.41, 5.74) is 2.92. The second kappa shape index (κ2) is 7.88. The predicted molar refractivity (Wildman–Crippen MR) is 101 cm³/mol. The Hall–Kier alpha value is -2.76. The van der Waals surface area contributed by atoms with E-state index in [1.165, 1.54) is 0 Å². The summed E-state index contributed by atoms with van der Waals surface area (Å²) in [6.07, 6.45) is 0. The summed E-state index contributed by atoms with van der Waals surface area (Å²) >= 11 is 0. The number of aryl methyl sites for hydroxylation is 1. The van der Waals surface area contributed by atoms with Crippen LogP contribution in [0.3, 0.4) is 0 Å². The minimum Gasteiger partial charge on any atom is -0.506 e. The Kier molecular flexibility index (Phi) is 5.38. The third kappa shape index (κ3) is 4.21. The molecule has 1 aromatic heterocycles. The number of phenolic OH excluding ortho intramolecular Hbond substituents is 1. The molecular formula is C19H25N5O. The lowest BCUT2D eigenvalue weighted by atomic mass is 10.2. The van der Waals surface area contributed by atoms with Gasteiger partial charge in [0.2, 0.25) is 0 Å². The average molecular weight is 339 g/mol. The van der Waals surface area contributed by atoms with E-state index in [1.54, 1.807) is 13.1 Å². The van der Waals surface area contributed by atoms with E-state index in [0.717, 1.165) is 49.2 Å². The molecule has 2 aromatic rings. The number of aromatic nitrogens is 1. The number of hydrogen-bond acceptors (Lipinski definition) is 4. The summed E-state index contributed by atoms with van der Waals surface area (Å²) < 4.78 is 0. The minimum atomic E-state index is 0.337. The van der Waals surface area contributed by atoms with E-state index in [1.807, 2.05) is 43.3 Å². The Balaban J connectivity index is 1.56. The van der Waals surface area contributed by atoms with E-state index in [-0.39, 0.29) is 0 Å². The van der Waals surface area contributed by atoms with Crippen molar-refractivity contribution in [3.8, 4) is 5.75 Å². The van der Waals surface area contributed by atoms with E-state index in [9.17, 15) is 5.11 Å². The van der Waals surface area contributed by atoms with Gasteiger partial charge >= 0.3 is 0 Å². The number of hydrogen-bond donors (Lipinski definition) is 2. The lowest BCUT2D eigenvalue weighted by Gasteiger charge is -2.37. The Morgan fingerprint density at radius 3 is 2.56 bits per heavy atom. The molecule has 1 fully saturated rings. The molecule has 0 saturated carbocycles. The molecule has 2 N–H and O–H groups in total. The first-order chi connectivity index (χ1) is 12.2. The number of pyridine rings is 1. The third-order valence-electron chi connectivity index (χ3n) is 4.39. The lowest BCUT2D eigenvalue weighted by Crippen LogP contribution is -2.52. The number of aliphatic imine (C=N–C) groups is 1. The summed E-state index contributed by atoms with van der Waals surface area (Å²) in [5, 5.41) is 13.4. The molecule has 0 bridgehead atoms. The Bertz CT molecular complexity index is 738. The monoisotopic (exact) mass is 339 g/mol. The quantitative estimate of drug-likeness (QED) is 0.661. The maximum atomic E-state index is 10.0. The molecule has 6 nitrogen and oxygen atoms in total.